The van der Waals surface area contributed by atoms with E-state index in [9.17, 15) is 4.79 Å². The Bertz CT molecular complexity index is 313. The summed E-state index contributed by atoms with van der Waals surface area (Å²) in [7, 11) is 0. The second-order valence-corrected chi connectivity index (χ2v) is 6.73. The third-order valence-corrected chi connectivity index (χ3v) is 4.36. The van der Waals surface area contributed by atoms with E-state index < -0.39 is 0 Å². The highest BCUT2D eigenvalue weighted by Gasteiger charge is 2.10. The summed E-state index contributed by atoms with van der Waals surface area (Å²) in [4.78, 5) is 12.1. The molecule has 0 rings (SSSR count). The highest BCUT2D eigenvalue weighted by Crippen LogP contribution is 2.15. The maximum absolute atomic E-state index is 12.1. The lowest BCUT2D eigenvalue weighted by molar-refractivity contribution is -0.138. The first-order valence-corrected chi connectivity index (χ1v) is 10.3. The first-order valence-electron chi connectivity index (χ1n) is 10.3. The average molecular weight is 340 g/mol. The Labute approximate surface area is 150 Å². The van der Waals surface area contributed by atoms with E-state index in [4.69, 9.17) is 10.5 Å². The summed E-state index contributed by atoms with van der Waals surface area (Å²) < 4.78 is 5.23. The molecule has 3 heteroatoms. The molecule has 0 aliphatic heterocycles. The van der Waals surface area contributed by atoms with E-state index in [1.807, 2.05) is 0 Å². The van der Waals surface area contributed by atoms with Crippen LogP contribution in [0.1, 0.15) is 104 Å². The molecular formula is C21H41NO2. The highest BCUT2D eigenvalue weighted by molar-refractivity contribution is 5.88. The van der Waals surface area contributed by atoms with Crippen molar-refractivity contribution < 1.29 is 9.53 Å². The molecule has 0 atom stereocenters. The van der Waals surface area contributed by atoms with Crippen LogP contribution in [0.25, 0.3) is 0 Å². The van der Waals surface area contributed by atoms with Gasteiger partial charge in [0.15, 0.2) is 0 Å². The minimum Gasteiger partial charge on any atom is -0.461 e. The standard InChI is InChI=1S/C21H41NO2/c1-3-5-7-9-11-13-15-17-20(21(23)24-19-18-22)16-14-12-10-8-6-4-2/h17H,3-16,18-19,22H2,1-2H3. The fraction of sp³-hybridized carbons (Fsp3) is 0.857. The summed E-state index contributed by atoms with van der Waals surface area (Å²) in [6.07, 6.45) is 19.1. The molecule has 142 valence electrons. The number of esters is 1. The van der Waals surface area contributed by atoms with Crippen LogP contribution in [0.3, 0.4) is 0 Å². The fourth-order valence-corrected chi connectivity index (χ4v) is 2.83. The second-order valence-electron chi connectivity index (χ2n) is 6.73. The van der Waals surface area contributed by atoms with Gasteiger partial charge in [-0.05, 0) is 25.7 Å². The topological polar surface area (TPSA) is 52.3 Å². The smallest absolute Gasteiger partial charge is 0.333 e. The predicted octanol–water partition coefficient (Wildman–Crippen LogP) is 5.92. The molecule has 0 radical (unpaired) electrons. The van der Waals surface area contributed by atoms with Crippen molar-refractivity contribution in [1.29, 1.82) is 0 Å². The molecule has 0 spiro atoms. The summed E-state index contributed by atoms with van der Waals surface area (Å²) in [5.41, 5.74) is 6.30. The SMILES string of the molecule is CCCCCCCCC=C(CCCCCCCC)C(=O)OCCN. The van der Waals surface area contributed by atoms with Gasteiger partial charge in [0.25, 0.3) is 0 Å². The van der Waals surface area contributed by atoms with Gasteiger partial charge in [-0.2, -0.15) is 0 Å². The molecule has 0 heterocycles. The lowest BCUT2D eigenvalue weighted by atomic mass is 10.0. The van der Waals surface area contributed by atoms with Crippen molar-refractivity contribution in [3.63, 3.8) is 0 Å². The van der Waals surface area contributed by atoms with Crippen LogP contribution < -0.4 is 5.73 Å². The average Bonchev–Trinajstić information content (AvgIpc) is 2.59. The van der Waals surface area contributed by atoms with Gasteiger partial charge in [0.1, 0.15) is 6.61 Å². The van der Waals surface area contributed by atoms with Gasteiger partial charge in [0.05, 0.1) is 0 Å². The van der Waals surface area contributed by atoms with Gasteiger partial charge in [0.2, 0.25) is 0 Å². The van der Waals surface area contributed by atoms with E-state index in [0.29, 0.717) is 13.2 Å². The first kappa shape index (κ1) is 23.2. The molecule has 2 N–H and O–H groups in total. The molecule has 0 saturated carbocycles. The van der Waals surface area contributed by atoms with Crippen molar-refractivity contribution >= 4 is 5.97 Å². The third kappa shape index (κ3) is 14.7. The van der Waals surface area contributed by atoms with Crippen molar-refractivity contribution in [2.45, 2.75) is 104 Å². The molecule has 0 fully saturated rings. The minimum absolute atomic E-state index is 0.153. The zero-order valence-corrected chi connectivity index (χ0v) is 16.3. The summed E-state index contributed by atoms with van der Waals surface area (Å²) in [6.45, 7) is 5.19. The number of carbonyl (C=O) groups is 1. The molecule has 3 nitrogen and oxygen atoms in total. The van der Waals surface area contributed by atoms with Crippen LogP contribution in [0.5, 0.6) is 0 Å². The van der Waals surface area contributed by atoms with Crippen molar-refractivity contribution in [3.05, 3.63) is 11.6 Å². The number of allylic oxidation sites excluding steroid dienone is 1. The van der Waals surface area contributed by atoms with Crippen LogP contribution in [-0.4, -0.2) is 19.1 Å². The van der Waals surface area contributed by atoms with Gasteiger partial charge in [0, 0.05) is 12.1 Å². The van der Waals surface area contributed by atoms with Gasteiger partial charge in [-0.25, -0.2) is 4.79 Å². The quantitative estimate of drug-likeness (QED) is 0.203. The van der Waals surface area contributed by atoms with Crippen LogP contribution in [0, 0.1) is 0 Å². The Morgan fingerprint density at radius 1 is 0.833 bits per heavy atom. The predicted molar refractivity (Wildman–Crippen MR) is 104 cm³/mol. The zero-order valence-electron chi connectivity index (χ0n) is 16.3. The van der Waals surface area contributed by atoms with Gasteiger partial charge < -0.3 is 10.5 Å². The molecule has 24 heavy (non-hydrogen) atoms. The Kier molecular flexibility index (Phi) is 17.9. The summed E-state index contributed by atoms with van der Waals surface area (Å²) in [6, 6.07) is 0. The number of hydrogen-bond donors (Lipinski definition) is 1. The molecule has 0 aromatic heterocycles. The monoisotopic (exact) mass is 339 g/mol. The summed E-state index contributed by atoms with van der Waals surface area (Å²) in [5, 5.41) is 0. The van der Waals surface area contributed by atoms with Crippen LogP contribution >= 0.6 is 0 Å². The van der Waals surface area contributed by atoms with Gasteiger partial charge in [-0.15, -0.1) is 0 Å². The molecule has 0 amide bonds. The molecule has 0 bridgehead atoms. The maximum atomic E-state index is 12.1. The van der Waals surface area contributed by atoms with Crippen molar-refractivity contribution in [1.82, 2.24) is 0 Å². The van der Waals surface area contributed by atoms with Gasteiger partial charge in [-0.3, -0.25) is 0 Å². The van der Waals surface area contributed by atoms with Gasteiger partial charge in [-0.1, -0.05) is 84.1 Å². The molecule has 0 aromatic rings. The first-order chi connectivity index (χ1) is 11.8. The summed E-state index contributed by atoms with van der Waals surface area (Å²) >= 11 is 0. The molecule has 0 aliphatic carbocycles. The molecule has 0 aromatic carbocycles. The Morgan fingerprint density at radius 3 is 1.96 bits per heavy atom. The van der Waals surface area contributed by atoms with E-state index in [1.54, 1.807) is 0 Å². The molecule has 0 unspecified atom stereocenters. The number of carbonyl (C=O) groups excluding carboxylic acids is 1. The van der Waals surface area contributed by atoms with Crippen LogP contribution in [-0.2, 0) is 9.53 Å². The van der Waals surface area contributed by atoms with E-state index in [-0.39, 0.29) is 5.97 Å². The van der Waals surface area contributed by atoms with Crippen molar-refractivity contribution in [2.75, 3.05) is 13.2 Å². The molecule has 0 saturated heterocycles. The van der Waals surface area contributed by atoms with E-state index in [1.165, 1.54) is 70.6 Å². The van der Waals surface area contributed by atoms with E-state index in [0.717, 1.165) is 24.8 Å². The second kappa shape index (κ2) is 18.5. The number of hydrogen-bond acceptors (Lipinski definition) is 3. The summed E-state index contributed by atoms with van der Waals surface area (Å²) in [5.74, 6) is -0.153. The Hall–Kier alpha value is -0.830. The fourth-order valence-electron chi connectivity index (χ4n) is 2.83. The number of ether oxygens (including phenoxy) is 1. The lowest BCUT2D eigenvalue weighted by Crippen LogP contribution is -2.15. The van der Waals surface area contributed by atoms with E-state index in [2.05, 4.69) is 19.9 Å². The highest BCUT2D eigenvalue weighted by atomic mass is 16.5. The number of nitrogens with two attached hydrogens (primary N) is 1. The Morgan fingerprint density at radius 2 is 1.38 bits per heavy atom. The molecular weight excluding hydrogens is 298 g/mol. The normalized spacial score (nSPS) is 11.7. The van der Waals surface area contributed by atoms with E-state index >= 15 is 0 Å². The maximum Gasteiger partial charge on any atom is 0.333 e. The van der Waals surface area contributed by atoms with Crippen LogP contribution in [0.15, 0.2) is 11.6 Å². The van der Waals surface area contributed by atoms with Crippen molar-refractivity contribution in [2.24, 2.45) is 5.73 Å². The minimum atomic E-state index is -0.153. The largest absolute Gasteiger partial charge is 0.461 e. The lowest BCUT2D eigenvalue weighted by Gasteiger charge is -2.08. The third-order valence-electron chi connectivity index (χ3n) is 4.36. The number of unbranched alkanes of at least 4 members (excludes halogenated alkanes) is 11. The van der Waals surface area contributed by atoms with Crippen LogP contribution in [0.2, 0.25) is 0 Å². The zero-order chi connectivity index (χ0) is 17.9. The van der Waals surface area contributed by atoms with Crippen molar-refractivity contribution in [3.8, 4) is 0 Å². The Balaban J connectivity index is 4.07. The number of rotatable bonds is 17. The molecule has 0 aliphatic rings. The van der Waals surface area contributed by atoms with Gasteiger partial charge >= 0.3 is 5.97 Å². The van der Waals surface area contributed by atoms with Crippen LogP contribution in [0.4, 0.5) is 0 Å².